The van der Waals surface area contributed by atoms with Gasteiger partial charge < -0.3 is 0 Å². The van der Waals surface area contributed by atoms with E-state index in [1.165, 1.54) is 58.8 Å². The summed E-state index contributed by atoms with van der Waals surface area (Å²) in [6, 6.07) is 16.6. The monoisotopic (exact) mass is 370 g/mol. The van der Waals surface area contributed by atoms with Gasteiger partial charge in [0.05, 0.1) is 5.39 Å². The van der Waals surface area contributed by atoms with Crippen LogP contribution in [0.4, 0.5) is 0 Å². The third-order valence-electron chi connectivity index (χ3n) is 7.51. The standard InChI is InChI=1S/C27H32N/c1-17(2)20-7-5-18(3)25(16-20)27-24-10-9-22(15-23(24)11-12-28(27)4)26-14-19-6-8-21(26)13-19/h5,7,9-12,15-17,19,21,26H,6,8,13-14H2,1-4H3/q+1. The third-order valence-corrected chi connectivity index (χ3v) is 7.51. The van der Waals surface area contributed by atoms with E-state index in [1.807, 2.05) is 0 Å². The Bertz CT molecular complexity index is 1050. The molecule has 0 N–H and O–H groups in total. The normalized spacial score (nSPS) is 23.8. The number of nitrogens with zero attached hydrogens (tertiary/aromatic N) is 1. The number of hydrogen-bond donors (Lipinski definition) is 0. The zero-order chi connectivity index (χ0) is 19.4. The SMILES string of the molecule is Cc1ccc(C(C)C)cc1-c1c2ccc(C3CC4CCC3C4)cc2cc[n+]1C. The quantitative estimate of drug-likeness (QED) is 0.453. The highest BCUT2D eigenvalue weighted by atomic mass is 14.9. The van der Waals surface area contributed by atoms with Gasteiger partial charge in [-0.3, -0.25) is 0 Å². The number of pyridine rings is 1. The van der Waals surface area contributed by atoms with E-state index in [-0.39, 0.29) is 0 Å². The number of benzene rings is 2. The molecule has 3 atom stereocenters. The van der Waals surface area contributed by atoms with E-state index in [4.69, 9.17) is 0 Å². The van der Waals surface area contributed by atoms with Gasteiger partial charge in [-0.1, -0.05) is 44.5 Å². The summed E-state index contributed by atoms with van der Waals surface area (Å²) >= 11 is 0. The van der Waals surface area contributed by atoms with Crippen molar-refractivity contribution in [3.8, 4) is 11.3 Å². The van der Waals surface area contributed by atoms with Crippen molar-refractivity contribution in [1.29, 1.82) is 0 Å². The van der Waals surface area contributed by atoms with Crippen LogP contribution >= 0.6 is 0 Å². The highest BCUT2D eigenvalue weighted by molar-refractivity contribution is 5.94. The van der Waals surface area contributed by atoms with Crippen molar-refractivity contribution >= 4 is 10.8 Å². The molecule has 1 aromatic heterocycles. The number of aromatic nitrogens is 1. The van der Waals surface area contributed by atoms with E-state index in [9.17, 15) is 0 Å². The summed E-state index contributed by atoms with van der Waals surface area (Å²) in [6.45, 7) is 6.79. The van der Waals surface area contributed by atoms with Crippen molar-refractivity contribution in [2.24, 2.45) is 18.9 Å². The first-order valence-electron chi connectivity index (χ1n) is 11.0. The fourth-order valence-electron chi connectivity index (χ4n) is 5.86. The summed E-state index contributed by atoms with van der Waals surface area (Å²) in [4.78, 5) is 0. The molecular weight excluding hydrogens is 338 g/mol. The van der Waals surface area contributed by atoms with E-state index < -0.39 is 0 Å². The molecule has 5 rings (SSSR count). The molecule has 2 aliphatic rings. The summed E-state index contributed by atoms with van der Waals surface area (Å²) in [6.07, 6.45) is 8.05. The van der Waals surface area contributed by atoms with Crippen molar-refractivity contribution in [3.63, 3.8) is 0 Å². The second-order valence-corrected chi connectivity index (χ2v) is 9.63. The molecule has 3 unspecified atom stereocenters. The van der Waals surface area contributed by atoms with E-state index >= 15 is 0 Å². The van der Waals surface area contributed by atoms with Gasteiger partial charge >= 0.3 is 0 Å². The van der Waals surface area contributed by atoms with Crippen molar-refractivity contribution in [2.45, 2.75) is 58.3 Å². The van der Waals surface area contributed by atoms with Gasteiger partial charge in [0.2, 0.25) is 5.69 Å². The summed E-state index contributed by atoms with van der Waals surface area (Å²) in [5.74, 6) is 3.28. The van der Waals surface area contributed by atoms with Gasteiger partial charge in [0.1, 0.15) is 7.05 Å². The van der Waals surface area contributed by atoms with E-state index in [1.54, 1.807) is 5.56 Å². The van der Waals surface area contributed by atoms with Gasteiger partial charge in [0.15, 0.2) is 6.20 Å². The van der Waals surface area contributed by atoms with Gasteiger partial charge in [-0.2, -0.15) is 0 Å². The van der Waals surface area contributed by atoms with Crippen LogP contribution in [0.3, 0.4) is 0 Å². The Hall–Kier alpha value is -2.15. The first-order chi connectivity index (χ1) is 13.5. The number of aryl methyl sites for hydroxylation is 2. The minimum atomic E-state index is 0.545. The summed E-state index contributed by atoms with van der Waals surface area (Å²) in [7, 11) is 2.18. The molecule has 3 aromatic rings. The van der Waals surface area contributed by atoms with Crippen LogP contribution in [-0.2, 0) is 7.05 Å². The molecule has 1 heteroatoms. The molecule has 0 amide bonds. The minimum absolute atomic E-state index is 0.545. The van der Waals surface area contributed by atoms with Gasteiger partial charge in [0, 0.05) is 11.6 Å². The van der Waals surface area contributed by atoms with Crippen LogP contribution in [0.1, 0.15) is 68.1 Å². The molecule has 28 heavy (non-hydrogen) atoms. The predicted octanol–water partition coefficient (Wildman–Crippen LogP) is 6.67. The second-order valence-electron chi connectivity index (χ2n) is 9.63. The number of rotatable bonds is 3. The molecule has 2 saturated carbocycles. The van der Waals surface area contributed by atoms with Crippen LogP contribution in [-0.4, -0.2) is 0 Å². The van der Waals surface area contributed by atoms with Crippen LogP contribution in [0.5, 0.6) is 0 Å². The maximum absolute atomic E-state index is 2.49. The fourth-order valence-corrected chi connectivity index (χ4v) is 5.86. The highest BCUT2D eigenvalue weighted by Gasteiger charge is 2.40. The van der Waals surface area contributed by atoms with Crippen LogP contribution < -0.4 is 4.57 Å². The number of fused-ring (bicyclic) bond motifs is 3. The Morgan fingerprint density at radius 2 is 1.82 bits per heavy atom. The van der Waals surface area contributed by atoms with Crippen molar-refractivity contribution < 1.29 is 4.57 Å². The molecule has 2 aromatic carbocycles. The molecule has 1 nitrogen and oxygen atoms in total. The van der Waals surface area contributed by atoms with Crippen molar-refractivity contribution in [2.75, 3.05) is 0 Å². The Balaban J connectivity index is 1.64. The minimum Gasteiger partial charge on any atom is -0.200 e. The lowest BCUT2D eigenvalue weighted by atomic mass is 9.82. The second kappa shape index (κ2) is 6.72. The Labute approximate surface area is 169 Å². The molecule has 1 heterocycles. The molecular formula is C27H32N+. The third kappa shape index (κ3) is 2.87. The van der Waals surface area contributed by atoms with E-state index in [0.29, 0.717) is 5.92 Å². The number of hydrogen-bond acceptors (Lipinski definition) is 0. The van der Waals surface area contributed by atoms with Crippen molar-refractivity contribution in [3.05, 3.63) is 65.4 Å². The average Bonchev–Trinajstić information content (AvgIpc) is 3.32. The largest absolute Gasteiger partial charge is 0.220 e. The predicted molar refractivity (Wildman–Crippen MR) is 118 cm³/mol. The zero-order valence-electron chi connectivity index (χ0n) is 17.7. The Morgan fingerprint density at radius 3 is 2.54 bits per heavy atom. The maximum Gasteiger partial charge on any atom is 0.220 e. The summed E-state index contributed by atoms with van der Waals surface area (Å²) in [5, 5.41) is 2.77. The molecule has 0 radical (unpaired) electrons. The van der Waals surface area contributed by atoms with Gasteiger partial charge in [-0.25, -0.2) is 4.57 Å². The molecule has 0 spiro atoms. The first kappa shape index (κ1) is 17.9. The molecule has 0 saturated heterocycles. The topological polar surface area (TPSA) is 3.88 Å². The summed E-state index contributed by atoms with van der Waals surface area (Å²) < 4.78 is 2.30. The van der Waals surface area contributed by atoms with Crippen LogP contribution in [0.2, 0.25) is 0 Å². The molecule has 2 aliphatic carbocycles. The van der Waals surface area contributed by atoms with E-state index in [0.717, 1.165) is 17.8 Å². The molecule has 0 aliphatic heterocycles. The smallest absolute Gasteiger partial charge is 0.200 e. The Morgan fingerprint density at radius 1 is 0.964 bits per heavy atom. The lowest BCUT2D eigenvalue weighted by molar-refractivity contribution is -0.659. The lowest BCUT2D eigenvalue weighted by Crippen LogP contribution is -2.30. The summed E-state index contributed by atoms with van der Waals surface area (Å²) in [5.41, 5.74) is 7.05. The zero-order valence-corrected chi connectivity index (χ0v) is 17.7. The first-order valence-corrected chi connectivity index (χ1v) is 11.0. The maximum atomic E-state index is 2.49. The molecule has 2 bridgehead atoms. The lowest BCUT2D eigenvalue weighted by Gasteiger charge is -2.22. The van der Waals surface area contributed by atoms with Gasteiger partial charge in [-0.15, -0.1) is 0 Å². The highest BCUT2D eigenvalue weighted by Crippen LogP contribution is 2.53. The molecule has 144 valence electrons. The van der Waals surface area contributed by atoms with Crippen LogP contribution in [0, 0.1) is 18.8 Å². The van der Waals surface area contributed by atoms with Crippen LogP contribution in [0.25, 0.3) is 22.0 Å². The Kier molecular flexibility index (Phi) is 4.30. The van der Waals surface area contributed by atoms with Gasteiger partial charge in [0.25, 0.3) is 0 Å². The average molecular weight is 371 g/mol. The van der Waals surface area contributed by atoms with Crippen molar-refractivity contribution in [1.82, 2.24) is 0 Å². The van der Waals surface area contributed by atoms with E-state index in [2.05, 4.69) is 81.0 Å². The fraction of sp³-hybridized carbons (Fsp3) is 0.444. The molecule has 2 fully saturated rings. The van der Waals surface area contributed by atoms with Gasteiger partial charge in [-0.05, 0) is 84.1 Å². The van der Waals surface area contributed by atoms with Crippen LogP contribution in [0.15, 0.2) is 48.7 Å².